The van der Waals surface area contributed by atoms with Crippen molar-refractivity contribution in [3.8, 4) is 11.1 Å². The second-order valence-electron chi connectivity index (χ2n) is 7.49. The van der Waals surface area contributed by atoms with Crippen molar-refractivity contribution < 1.29 is 4.79 Å². The Bertz CT molecular complexity index is 1230. The van der Waals surface area contributed by atoms with Gasteiger partial charge in [-0.1, -0.05) is 60.6 Å². The first-order valence-corrected chi connectivity index (χ1v) is 11.8. The third-order valence-corrected chi connectivity index (χ3v) is 7.59. The van der Waals surface area contributed by atoms with Gasteiger partial charge in [0.15, 0.2) is 5.78 Å². The Labute approximate surface area is 185 Å². The first kappa shape index (κ1) is 20.8. The Hall–Kier alpha value is -2.50. The van der Waals surface area contributed by atoms with Gasteiger partial charge >= 0.3 is 0 Å². The molecule has 0 aliphatic carbocycles. The highest BCUT2D eigenvalue weighted by molar-refractivity contribution is 8.00. The van der Waals surface area contributed by atoms with Crippen LogP contribution in [0.5, 0.6) is 0 Å². The fourth-order valence-corrected chi connectivity index (χ4v) is 5.53. The van der Waals surface area contributed by atoms with Gasteiger partial charge in [0.1, 0.15) is 16.2 Å². The van der Waals surface area contributed by atoms with E-state index in [2.05, 4.69) is 55.0 Å². The lowest BCUT2D eigenvalue weighted by Gasteiger charge is -2.08. The summed E-state index contributed by atoms with van der Waals surface area (Å²) in [5.74, 6) is 0.483. The molecule has 0 bridgehead atoms. The van der Waals surface area contributed by atoms with Gasteiger partial charge in [-0.15, -0.1) is 11.3 Å². The van der Waals surface area contributed by atoms with Crippen molar-refractivity contribution in [3.63, 3.8) is 0 Å². The SMILES string of the molecule is CCc1sc2ncnc(SCC(=O)c3ccc(C)c(C)c3)c2c1-c1ccc(C)cc1. The van der Waals surface area contributed by atoms with Crippen LogP contribution >= 0.6 is 23.1 Å². The van der Waals surface area contributed by atoms with E-state index < -0.39 is 0 Å². The van der Waals surface area contributed by atoms with Gasteiger partial charge in [-0.05, 0) is 49.9 Å². The largest absolute Gasteiger partial charge is 0.293 e. The summed E-state index contributed by atoms with van der Waals surface area (Å²) in [7, 11) is 0. The highest BCUT2D eigenvalue weighted by Crippen LogP contribution is 2.42. The average molecular weight is 433 g/mol. The smallest absolute Gasteiger partial charge is 0.173 e. The molecule has 30 heavy (non-hydrogen) atoms. The number of thiophene rings is 1. The summed E-state index contributed by atoms with van der Waals surface area (Å²) in [6.45, 7) is 8.37. The molecule has 0 unspecified atom stereocenters. The van der Waals surface area contributed by atoms with Crippen LogP contribution in [0, 0.1) is 20.8 Å². The molecule has 0 aliphatic rings. The first-order valence-electron chi connectivity index (χ1n) is 10.0. The van der Waals surface area contributed by atoms with Crippen LogP contribution in [0.3, 0.4) is 0 Å². The van der Waals surface area contributed by atoms with Gasteiger partial charge in [0.05, 0.1) is 11.1 Å². The van der Waals surface area contributed by atoms with E-state index >= 15 is 0 Å². The van der Waals surface area contributed by atoms with Gasteiger partial charge in [0.25, 0.3) is 0 Å². The summed E-state index contributed by atoms with van der Waals surface area (Å²) in [6.07, 6.45) is 2.55. The lowest BCUT2D eigenvalue weighted by atomic mass is 10.0. The van der Waals surface area contributed by atoms with Crippen LogP contribution in [0.25, 0.3) is 21.3 Å². The lowest BCUT2D eigenvalue weighted by molar-refractivity contribution is 0.102. The number of thioether (sulfide) groups is 1. The van der Waals surface area contributed by atoms with Crippen LogP contribution < -0.4 is 0 Å². The number of carbonyl (C=O) groups excluding carboxylic acids is 1. The van der Waals surface area contributed by atoms with E-state index in [0.29, 0.717) is 5.75 Å². The van der Waals surface area contributed by atoms with E-state index in [-0.39, 0.29) is 5.78 Å². The fourth-order valence-electron chi connectivity index (χ4n) is 3.47. The zero-order chi connectivity index (χ0) is 21.3. The van der Waals surface area contributed by atoms with Crippen molar-refractivity contribution >= 4 is 39.1 Å². The van der Waals surface area contributed by atoms with Crippen LogP contribution in [0.15, 0.2) is 53.8 Å². The Balaban J connectivity index is 1.70. The van der Waals surface area contributed by atoms with Crippen LogP contribution in [0.4, 0.5) is 0 Å². The molecule has 0 spiro atoms. The van der Waals surface area contributed by atoms with Gasteiger partial charge in [-0.25, -0.2) is 9.97 Å². The number of aromatic nitrogens is 2. The zero-order valence-corrected chi connectivity index (χ0v) is 19.3. The average Bonchev–Trinajstić information content (AvgIpc) is 3.14. The maximum atomic E-state index is 12.8. The van der Waals surface area contributed by atoms with E-state index in [0.717, 1.165) is 32.8 Å². The Kier molecular flexibility index (Phi) is 6.02. The number of rotatable bonds is 6. The minimum absolute atomic E-state index is 0.123. The number of fused-ring (bicyclic) bond motifs is 1. The van der Waals surface area contributed by atoms with Crippen LogP contribution in [-0.2, 0) is 6.42 Å². The first-order chi connectivity index (χ1) is 14.5. The summed E-state index contributed by atoms with van der Waals surface area (Å²) in [4.78, 5) is 24.2. The quantitative estimate of drug-likeness (QED) is 0.190. The number of nitrogens with zero attached hydrogens (tertiary/aromatic N) is 2. The number of ketones is 1. The topological polar surface area (TPSA) is 42.9 Å². The molecule has 2 aromatic heterocycles. The van der Waals surface area contributed by atoms with Crippen LogP contribution in [-0.4, -0.2) is 21.5 Å². The van der Waals surface area contributed by atoms with Crippen molar-refractivity contribution in [2.24, 2.45) is 0 Å². The molecule has 152 valence electrons. The van der Waals surface area contributed by atoms with E-state index in [1.807, 2.05) is 25.1 Å². The van der Waals surface area contributed by atoms with Gasteiger partial charge in [-0.2, -0.15) is 0 Å². The van der Waals surface area contributed by atoms with Crippen molar-refractivity contribution in [2.45, 2.75) is 39.1 Å². The maximum Gasteiger partial charge on any atom is 0.173 e. The Morgan fingerprint density at radius 2 is 1.77 bits per heavy atom. The normalized spacial score (nSPS) is 11.2. The molecule has 0 aliphatic heterocycles. The van der Waals surface area contributed by atoms with Gasteiger partial charge in [0, 0.05) is 16.0 Å². The molecule has 0 saturated heterocycles. The molecule has 0 radical (unpaired) electrons. The molecule has 5 heteroatoms. The highest BCUT2D eigenvalue weighted by atomic mass is 32.2. The summed E-state index contributed by atoms with van der Waals surface area (Å²) in [5.41, 5.74) is 6.72. The molecule has 4 rings (SSSR count). The minimum atomic E-state index is 0.123. The number of hydrogen-bond acceptors (Lipinski definition) is 5. The molecule has 0 fully saturated rings. The maximum absolute atomic E-state index is 12.8. The third-order valence-electron chi connectivity index (χ3n) is 5.36. The fraction of sp³-hybridized carbons (Fsp3) is 0.240. The summed E-state index contributed by atoms with van der Waals surface area (Å²) in [6, 6.07) is 14.5. The monoisotopic (exact) mass is 432 g/mol. The highest BCUT2D eigenvalue weighted by Gasteiger charge is 2.19. The van der Waals surface area contributed by atoms with Gasteiger partial charge in [0.2, 0.25) is 0 Å². The van der Waals surface area contributed by atoms with E-state index in [1.165, 1.54) is 38.9 Å². The van der Waals surface area contributed by atoms with Crippen molar-refractivity contribution in [3.05, 3.63) is 75.9 Å². The Morgan fingerprint density at radius 3 is 2.47 bits per heavy atom. The van der Waals surface area contributed by atoms with Crippen molar-refractivity contribution in [1.82, 2.24) is 9.97 Å². The molecule has 0 amide bonds. The number of Topliss-reactive ketones (excluding diaryl/α,β-unsaturated/α-hetero) is 1. The number of aryl methyl sites for hydroxylation is 4. The molecule has 0 atom stereocenters. The molecule has 4 aromatic rings. The van der Waals surface area contributed by atoms with Crippen LogP contribution in [0.2, 0.25) is 0 Å². The molecule has 0 N–H and O–H groups in total. The number of hydrogen-bond donors (Lipinski definition) is 0. The molecule has 2 aromatic carbocycles. The molecule has 3 nitrogen and oxygen atoms in total. The molecule has 0 saturated carbocycles. The van der Waals surface area contributed by atoms with Gasteiger partial charge < -0.3 is 0 Å². The van der Waals surface area contributed by atoms with E-state index in [1.54, 1.807) is 17.7 Å². The predicted molar refractivity (Wildman–Crippen MR) is 128 cm³/mol. The van der Waals surface area contributed by atoms with E-state index in [4.69, 9.17) is 0 Å². The van der Waals surface area contributed by atoms with Gasteiger partial charge in [-0.3, -0.25) is 4.79 Å². The predicted octanol–water partition coefficient (Wildman–Crippen LogP) is 6.82. The second-order valence-corrected chi connectivity index (χ2v) is 9.54. The zero-order valence-electron chi connectivity index (χ0n) is 17.7. The number of benzene rings is 2. The standard InChI is InChI=1S/C25H24N2OS2/c1-5-21-22(18-9-6-15(2)7-10-18)23-24(26-14-27-25(23)30-21)29-13-20(28)19-11-8-16(3)17(4)12-19/h6-12,14H,5,13H2,1-4H3. The second kappa shape index (κ2) is 8.70. The van der Waals surface area contributed by atoms with Crippen LogP contribution in [0.1, 0.15) is 38.8 Å². The summed E-state index contributed by atoms with van der Waals surface area (Å²) >= 11 is 3.23. The van der Waals surface area contributed by atoms with Crippen molar-refractivity contribution in [2.75, 3.05) is 5.75 Å². The lowest BCUT2D eigenvalue weighted by Crippen LogP contribution is -2.03. The third kappa shape index (κ3) is 4.05. The molecule has 2 heterocycles. The van der Waals surface area contributed by atoms with Crippen molar-refractivity contribution in [1.29, 1.82) is 0 Å². The number of carbonyl (C=O) groups is 1. The Morgan fingerprint density at radius 1 is 1.00 bits per heavy atom. The summed E-state index contributed by atoms with van der Waals surface area (Å²) < 4.78 is 0. The molecular weight excluding hydrogens is 408 g/mol. The summed E-state index contributed by atoms with van der Waals surface area (Å²) in [5, 5.41) is 1.95. The van der Waals surface area contributed by atoms with E-state index in [9.17, 15) is 4.79 Å². The minimum Gasteiger partial charge on any atom is -0.293 e. The molecular formula is C25H24N2OS2.